The third-order valence-electron chi connectivity index (χ3n) is 3.18. The van der Waals surface area contributed by atoms with Gasteiger partial charge in [-0.3, -0.25) is 0 Å². The molecule has 1 N–H and O–H groups in total. The van der Waals surface area contributed by atoms with E-state index in [9.17, 15) is 0 Å². The van der Waals surface area contributed by atoms with Gasteiger partial charge in [0.2, 0.25) is 0 Å². The van der Waals surface area contributed by atoms with Crippen molar-refractivity contribution in [3.05, 3.63) is 35.4 Å². The maximum absolute atomic E-state index is 3.52. The Kier molecular flexibility index (Phi) is 4.83. The van der Waals surface area contributed by atoms with Crippen molar-refractivity contribution in [3.63, 3.8) is 0 Å². The topological polar surface area (TPSA) is 12.0 Å². The molecule has 0 fully saturated rings. The minimum Gasteiger partial charge on any atom is -0.312 e. The molecule has 0 aromatic heterocycles. The zero-order chi connectivity index (χ0) is 11.3. The molecule has 0 saturated heterocycles. The van der Waals surface area contributed by atoms with Gasteiger partial charge in [-0.25, -0.2) is 0 Å². The highest BCUT2D eigenvalue weighted by Gasteiger charge is 2.06. The second-order valence-corrected chi connectivity index (χ2v) is 4.78. The summed E-state index contributed by atoms with van der Waals surface area (Å²) in [6.45, 7) is 11.1. The fourth-order valence-electron chi connectivity index (χ4n) is 1.48. The highest BCUT2D eigenvalue weighted by Crippen LogP contribution is 2.09. The summed E-state index contributed by atoms with van der Waals surface area (Å²) in [5.41, 5.74) is 2.79. The maximum Gasteiger partial charge on any atom is 0.0208 e. The predicted octanol–water partition coefficient (Wildman–Crippen LogP) is 3.38. The van der Waals surface area contributed by atoms with E-state index in [-0.39, 0.29) is 0 Å². The van der Waals surface area contributed by atoms with E-state index < -0.39 is 0 Å². The Morgan fingerprint density at radius 2 is 1.80 bits per heavy atom. The fourth-order valence-corrected chi connectivity index (χ4v) is 1.48. The Bertz CT molecular complexity index is 291. The van der Waals surface area contributed by atoms with Crippen molar-refractivity contribution in [2.75, 3.05) is 6.54 Å². The van der Waals surface area contributed by atoms with E-state index in [4.69, 9.17) is 0 Å². The van der Waals surface area contributed by atoms with Crippen LogP contribution < -0.4 is 5.32 Å². The Morgan fingerprint density at radius 1 is 1.13 bits per heavy atom. The average molecular weight is 205 g/mol. The molecule has 1 nitrogen and oxygen atoms in total. The van der Waals surface area contributed by atoms with E-state index in [0.29, 0.717) is 0 Å². The van der Waals surface area contributed by atoms with Crippen molar-refractivity contribution in [3.8, 4) is 0 Å². The standard InChI is InChI=1S/C14H23N/c1-11(2)13(4)9-15-10-14-8-6-5-7-12(14)3/h5-8,11,13,15H,9-10H2,1-4H3. The van der Waals surface area contributed by atoms with Gasteiger partial charge in [0.05, 0.1) is 0 Å². The van der Waals surface area contributed by atoms with Gasteiger partial charge < -0.3 is 5.32 Å². The SMILES string of the molecule is Cc1ccccc1CNCC(C)C(C)C. The monoisotopic (exact) mass is 205 g/mol. The van der Waals surface area contributed by atoms with Crippen LogP contribution in [0, 0.1) is 18.8 Å². The molecule has 0 aliphatic heterocycles. The molecule has 0 radical (unpaired) electrons. The zero-order valence-electron chi connectivity index (χ0n) is 10.4. The van der Waals surface area contributed by atoms with E-state index in [2.05, 4.69) is 57.3 Å². The summed E-state index contributed by atoms with van der Waals surface area (Å²) in [5, 5.41) is 3.52. The zero-order valence-corrected chi connectivity index (χ0v) is 10.4. The number of benzene rings is 1. The van der Waals surface area contributed by atoms with Crippen molar-refractivity contribution in [2.24, 2.45) is 11.8 Å². The van der Waals surface area contributed by atoms with Crippen LogP contribution in [-0.2, 0) is 6.54 Å². The van der Waals surface area contributed by atoms with Gasteiger partial charge in [-0.2, -0.15) is 0 Å². The van der Waals surface area contributed by atoms with Crippen LogP contribution in [0.25, 0.3) is 0 Å². The van der Waals surface area contributed by atoms with Crippen LogP contribution in [-0.4, -0.2) is 6.54 Å². The lowest BCUT2D eigenvalue weighted by Gasteiger charge is -2.16. The lowest BCUT2D eigenvalue weighted by Crippen LogP contribution is -2.24. The summed E-state index contributed by atoms with van der Waals surface area (Å²) in [4.78, 5) is 0. The van der Waals surface area contributed by atoms with Gasteiger partial charge in [0.25, 0.3) is 0 Å². The largest absolute Gasteiger partial charge is 0.312 e. The van der Waals surface area contributed by atoms with Crippen LogP contribution in [0.2, 0.25) is 0 Å². The predicted molar refractivity (Wildman–Crippen MR) is 66.9 cm³/mol. The van der Waals surface area contributed by atoms with Gasteiger partial charge in [-0.1, -0.05) is 45.0 Å². The van der Waals surface area contributed by atoms with E-state index in [1.165, 1.54) is 11.1 Å². The molecule has 0 aliphatic rings. The number of hydrogen-bond donors (Lipinski definition) is 1. The molecule has 1 rings (SSSR count). The summed E-state index contributed by atoms with van der Waals surface area (Å²) in [6, 6.07) is 8.57. The summed E-state index contributed by atoms with van der Waals surface area (Å²) in [6.07, 6.45) is 0. The summed E-state index contributed by atoms with van der Waals surface area (Å²) in [5.74, 6) is 1.50. The summed E-state index contributed by atoms with van der Waals surface area (Å²) >= 11 is 0. The second-order valence-electron chi connectivity index (χ2n) is 4.78. The highest BCUT2D eigenvalue weighted by atomic mass is 14.9. The third kappa shape index (κ3) is 4.05. The highest BCUT2D eigenvalue weighted by molar-refractivity contribution is 5.25. The molecule has 15 heavy (non-hydrogen) atoms. The van der Waals surface area contributed by atoms with Gasteiger partial charge in [-0.05, 0) is 36.4 Å². The van der Waals surface area contributed by atoms with Gasteiger partial charge in [0.1, 0.15) is 0 Å². The molecule has 1 aromatic rings. The van der Waals surface area contributed by atoms with Gasteiger partial charge in [-0.15, -0.1) is 0 Å². The van der Waals surface area contributed by atoms with Gasteiger partial charge in [0, 0.05) is 6.54 Å². The molecule has 0 heterocycles. The molecule has 1 heteroatoms. The summed E-state index contributed by atoms with van der Waals surface area (Å²) in [7, 11) is 0. The Hall–Kier alpha value is -0.820. The van der Waals surface area contributed by atoms with Crippen molar-refractivity contribution < 1.29 is 0 Å². The third-order valence-corrected chi connectivity index (χ3v) is 3.18. The molecule has 0 aliphatic carbocycles. The summed E-state index contributed by atoms with van der Waals surface area (Å²) < 4.78 is 0. The normalized spacial score (nSPS) is 13.1. The molecule has 84 valence electrons. The lowest BCUT2D eigenvalue weighted by atomic mass is 9.98. The number of aryl methyl sites for hydroxylation is 1. The van der Waals surface area contributed by atoms with Crippen LogP contribution in [0.3, 0.4) is 0 Å². The Balaban J connectivity index is 2.35. The van der Waals surface area contributed by atoms with E-state index in [1.807, 2.05) is 0 Å². The van der Waals surface area contributed by atoms with E-state index >= 15 is 0 Å². The van der Waals surface area contributed by atoms with Crippen LogP contribution in [0.15, 0.2) is 24.3 Å². The van der Waals surface area contributed by atoms with Crippen molar-refractivity contribution in [1.29, 1.82) is 0 Å². The first-order valence-corrected chi connectivity index (χ1v) is 5.86. The minimum atomic E-state index is 0.744. The molecular formula is C14H23N. The molecule has 1 atom stereocenters. The van der Waals surface area contributed by atoms with Crippen molar-refractivity contribution >= 4 is 0 Å². The Labute approximate surface area is 93.9 Å². The smallest absolute Gasteiger partial charge is 0.0208 e. The first-order valence-electron chi connectivity index (χ1n) is 5.86. The molecule has 0 bridgehead atoms. The van der Waals surface area contributed by atoms with Gasteiger partial charge >= 0.3 is 0 Å². The molecule has 1 aromatic carbocycles. The van der Waals surface area contributed by atoms with Crippen LogP contribution in [0.1, 0.15) is 31.9 Å². The van der Waals surface area contributed by atoms with Crippen molar-refractivity contribution in [2.45, 2.75) is 34.2 Å². The van der Waals surface area contributed by atoms with Crippen LogP contribution in [0.4, 0.5) is 0 Å². The number of hydrogen-bond acceptors (Lipinski definition) is 1. The Morgan fingerprint density at radius 3 is 2.40 bits per heavy atom. The maximum atomic E-state index is 3.52. The van der Waals surface area contributed by atoms with Crippen LogP contribution in [0.5, 0.6) is 0 Å². The van der Waals surface area contributed by atoms with E-state index in [1.54, 1.807) is 0 Å². The van der Waals surface area contributed by atoms with Crippen LogP contribution >= 0.6 is 0 Å². The van der Waals surface area contributed by atoms with Gasteiger partial charge in [0.15, 0.2) is 0 Å². The fraction of sp³-hybridized carbons (Fsp3) is 0.571. The quantitative estimate of drug-likeness (QED) is 0.777. The molecular weight excluding hydrogens is 182 g/mol. The molecule has 0 spiro atoms. The lowest BCUT2D eigenvalue weighted by molar-refractivity contribution is 0.392. The number of nitrogens with one attached hydrogen (secondary N) is 1. The first kappa shape index (κ1) is 12.3. The average Bonchev–Trinajstić information content (AvgIpc) is 2.20. The van der Waals surface area contributed by atoms with Crippen molar-refractivity contribution in [1.82, 2.24) is 5.32 Å². The molecule has 0 amide bonds. The number of rotatable bonds is 5. The second kappa shape index (κ2) is 5.92. The molecule has 0 saturated carbocycles. The van der Waals surface area contributed by atoms with E-state index in [0.717, 1.165) is 24.9 Å². The molecule has 1 unspecified atom stereocenters. The first-order chi connectivity index (χ1) is 7.11. The minimum absolute atomic E-state index is 0.744.